The van der Waals surface area contributed by atoms with Crippen LogP contribution in [0.25, 0.3) is 0 Å². The van der Waals surface area contributed by atoms with Gasteiger partial charge in [-0.2, -0.15) is 0 Å². The van der Waals surface area contributed by atoms with Crippen LogP contribution in [0.1, 0.15) is 34.1 Å². The summed E-state index contributed by atoms with van der Waals surface area (Å²) in [7, 11) is 0. The van der Waals surface area contributed by atoms with Crippen LogP contribution in [0.3, 0.4) is 0 Å². The summed E-state index contributed by atoms with van der Waals surface area (Å²) in [6, 6.07) is 0. The minimum absolute atomic E-state index is 0. The summed E-state index contributed by atoms with van der Waals surface area (Å²) >= 11 is 0. The van der Waals surface area contributed by atoms with Crippen LogP contribution in [-0.2, 0) is 0 Å². The molecule has 0 aliphatic carbocycles. The summed E-state index contributed by atoms with van der Waals surface area (Å²) in [5.41, 5.74) is 0.425. The third-order valence-electron chi connectivity index (χ3n) is 0.816. The first-order valence-electron chi connectivity index (χ1n) is 2.90. The van der Waals surface area contributed by atoms with Gasteiger partial charge in [-0.3, -0.25) is 0 Å². The van der Waals surface area contributed by atoms with Gasteiger partial charge in [0.15, 0.2) is 0 Å². The molecular weight excluding hydrogens is 98.1 g/mol. The van der Waals surface area contributed by atoms with Gasteiger partial charge in [-0.05, 0) is 11.8 Å². The van der Waals surface area contributed by atoms with E-state index in [0.29, 0.717) is 5.41 Å². The summed E-state index contributed by atoms with van der Waals surface area (Å²) in [4.78, 5) is 0. The second-order valence-electron chi connectivity index (χ2n) is 2.98. The molecule has 0 amide bonds. The van der Waals surface area contributed by atoms with E-state index in [1.54, 1.807) is 0 Å². The molecule has 0 bridgehead atoms. The van der Waals surface area contributed by atoms with Crippen molar-refractivity contribution in [1.29, 1.82) is 0 Å². The van der Waals surface area contributed by atoms with E-state index in [1.807, 2.05) is 0 Å². The Bertz CT molecular complexity index is 42.8. The molecule has 0 aromatic heterocycles. The van der Waals surface area contributed by atoms with Gasteiger partial charge in [0.05, 0.1) is 0 Å². The normalized spacial score (nSPS) is 10.5. The van der Waals surface area contributed by atoms with E-state index >= 15 is 0 Å². The Hall–Kier alpha value is -0.0400. The van der Waals surface area contributed by atoms with Crippen LogP contribution in [-0.4, -0.2) is 0 Å². The predicted octanol–water partition coefficient (Wildman–Crippen LogP) is 2.81. The Labute approximate surface area is 53.1 Å². The van der Waals surface area contributed by atoms with E-state index in [9.17, 15) is 0 Å². The molecule has 0 heterocycles. The SMILES string of the molecule is CC[CH]C(C)(C)C.N. The maximum atomic E-state index is 2.31. The van der Waals surface area contributed by atoms with Crippen molar-refractivity contribution < 1.29 is 0 Å². The molecule has 0 atom stereocenters. The van der Waals surface area contributed by atoms with Gasteiger partial charge in [0.25, 0.3) is 0 Å². The fraction of sp³-hybridized carbons (Fsp3) is 0.857. The minimum atomic E-state index is 0. The maximum absolute atomic E-state index is 2.31. The molecule has 1 radical (unpaired) electrons. The van der Waals surface area contributed by atoms with Crippen molar-refractivity contribution in [2.45, 2.75) is 34.1 Å². The first-order chi connectivity index (χ1) is 3.06. The van der Waals surface area contributed by atoms with Crippen molar-refractivity contribution >= 4 is 0 Å². The molecule has 0 saturated heterocycles. The molecule has 0 aromatic carbocycles. The zero-order valence-corrected chi connectivity index (χ0v) is 6.49. The van der Waals surface area contributed by atoms with Crippen LogP contribution in [0.2, 0.25) is 0 Å². The first kappa shape index (κ1) is 10.9. The van der Waals surface area contributed by atoms with Crippen molar-refractivity contribution in [3.63, 3.8) is 0 Å². The van der Waals surface area contributed by atoms with Crippen LogP contribution in [0, 0.1) is 11.8 Å². The Kier molecular flexibility index (Phi) is 5.29. The van der Waals surface area contributed by atoms with Gasteiger partial charge in [0, 0.05) is 0 Å². The standard InChI is InChI=1S/C7H15.H3N/c1-5-6-7(2,3)4;/h6H,5H2,1-4H3;1H3. The summed E-state index contributed by atoms with van der Waals surface area (Å²) in [6.07, 6.45) is 3.50. The molecule has 0 unspecified atom stereocenters. The van der Waals surface area contributed by atoms with Crippen molar-refractivity contribution in [2.24, 2.45) is 5.41 Å². The van der Waals surface area contributed by atoms with Gasteiger partial charge in [-0.15, -0.1) is 0 Å². The average Bonchev–Trinajstić information content (AvgIpc) is 1.30. The maximum Gasteiger partial charge on any atom is -0.0335 e. The quantitative estimate of drug-likeness (QED) is 0.561. The smallest absolute Gasteiger partial charge is 0.0335 e. The van der Waals surface area contributed by atoms with Crippen molar-refractivity contribution in [3.8, 4) is 0 Å². The van der Waals surface area contributed by atoms with Crippen LogP contribution in [0.4, 0.5) is 0 Å². The second-order valence-corrected chi connectivity index (χ2v) is 2.98. The molecule has 51 valence electrons. The van der Waals surface area contributed by atoms with Crippen LogP contribution < -0.4 is 6.15 Å². The van der Waals surface area contributed by atoms with Crippen LogP contribution in [0.5, 0.6) is 0 Å². The molecule has 3 N–H and O–H groups in total. The molecular formula is C7H18N. The van der Waals surface area contributed by atoms with Crippen molar-refractivity contribution in [2.75, 3.05) is 0 Å². The lowest BCUT2D eigenvalue weighted by atomic mass is 9.91. The van der Waals surface area contributed by atoms with E-state index in [0.717, 1.165) is 0 Å². The van der Waals surface area contributed by atoms with Gasteiger partial charge in [-0.1, -0.05) is 34.1 Å². The number of hydrogen-bond donors (Lipinski definition) is 1. The lowest BCUT2D eigenvalue weighted by Gasteiger charge is -2.14. The molecule has 0 aliphatic heterocycles. The third-order valence-corrected chi connectivity index (χ3v) is 0.816. The van der Waals surface area contributed by atoms with Crippen LogP contribution >= 0.6 is 0 Å². The summed E-state index contributed by atoms with van der Waals surface area (Å²) in [5, 5.41) is 0. The van der Waals surface area contributed by atoms with Gasteiger partial charge in [-0.25, -0.2) is 0 Å². The molecule has 0 aromatic rings. The molecule has 0 saturated carbocycles. The first-order valence-corrected chi connectivity index (χ1v) is 2.90. The summed E-state index contributed by atoms with van der Waals surface area (Å²) < 4.78 is 0. The molecule has 0 rings (SSSR count). The number of rotatable bonds is 1. The fourth-order valence-corrected chi connectivity index (χ4v) is 0.612. The highest BCUT2D eigenvalue weighted by molar-refractivity contribution is 4.78. The lowest BCUT2D eigenvalue weighted by Crippen LogP contribution is -2.03. The predicted molar refractivity (Wildman–Crippen MR) is 39.1 cm³/mol. The summed E-state index contributed by atoms with van der Waals surface area (Å²) in [6.45, 7) is 8.83. The van der Waals surface area contributed by atoms with Crippen molar-refractivity contribution in [1.82, 2.24) is 6.15 Å². The van der Waals surface area contributed by atoms with E-state index < -0.39 is 0 Å². The summed E-state index contributed by atoms with van der Waals surface area (Å²) in [5.74, 6) is 0. The minimum Gasteiger partial charge on any atom is -0.344 e. The van der Waals surface area contributed by atoms with E-state index in [-0.39, 0.29) is 6.15 Å². The average molecular weight is 116 g/mol. The zero-order chi connectivity index (χ0) is 5.91. The molecule has 0 aliphatic rings. The highest BCUT2D eigenvalue weighted by atomic mass is 14.1. The molecule has 0 spiro atoms. The zero-order valence-electron chi connectivity index (χ0n) is 6.49. The second kappa shape index (κ2) is 3.90. The highest BCUT2D eigenvalue weighted by Crippen LogP contribution is 2.18. The van der Waals surface area contributed by atoms with Crippen LogP contribution in [0.15, 0.2) is 0 Å². The molecule has 8 heavy (non-hydrogen) atoms. The number of hydrogen-bond acceptors (Lipinski definition) is 1. The van der Waals surface area contributed by atoms with Crippen molar-refractivity contribution in [3.05, 3.63) is 6.42 Å². The van der Waals surface area contributed by atoms with E-state index in [4.69, 9.17) is 0 Å². The fourth-order valence-electron chi connectivity index (χ4n) is 0.612. The monoisotopic (exact) mass is 116 g/mol. The molecule has 0 fully saturated rings. The third kappa shape index (κ3) is 9.35. The van der Waals surface area contributed by atoms with Gasteiger partial charge in [0.2, 0.25) is 0 Å². The topological polar surface area (TPSA) is 35.0 Å². The Morgan fingerprint density at radius 1 is 1.25 bits per heavy atom. The largest absolute Gasteiger partial charge is 0.344 e. The van der Waals surface area contributed by atoms with E-state index in [1.165, 1.54) is 6.42 Å². The van der Waals surface area contributed by atoms with Gasteiger partial charge in [0.1, 0.15) is 0 Å². The molecule has 1 nitrogen and oxygen atoms in total. The highest BCUT2D eigenvalue weighted by Gasteiger charge is 2.06. The molecule has 1 heteroatoms. The van der Waals surface area contributed by atoms with Gasteiger partial charge < -0.3 is 6.15 Å². The Balaban J connectivity index is 0. The van der Waals surface area contributed by atoms with E-state index in [2.05, 4.69) is 34.1 Å². The Morgan fingerprint density at radius 3 is 1.62 bits per heavy atom. The Morgan fingerprint density at radius 2 is 1.62 bits per heavy atom. The lowest BCUT2D eigenvalue weighted by molar-refractivity contribution is 0.479. The van der Waals surface area contributed by atoms with Gasteiger partial charge >= 0.3 is 0 Å².